The molecular weight excluding hydrogens is 164 g/mol. The third kappa shape index (κ3) is 2.61. The van der Waals surface area contributed by atoms with Gasteiger partial charge in [-0.3, -0.25) is 5.41 Å². The average molecular weight is 180 g/mol. The summed E-state index contributed by atoms with van der Waals surface area (Å²) in [7, 11) is 1.93. The number of furan rings is 1. The molecule has 3 heteroatoms. The molecule has 0 atom stereocenters. The number of hydrogen-bond donors (Lipinski definition) is 1. The van der Waals surface area contributed by atoms with E-state index in [4.69, 9.17) is 9.83 Å². The molecule has 0 radical (unpaired) electrons. The summed E-state index contributed by atoms with van der Waals surface area (Å²) in [5.74, 6) is 0.929. The fraction of sp³-hybridized carbons (Fsp3) is 0.500. The molecule has 0 spiro atoms. The summed E-state index contributed by atoms with van der Waals surface area (Å²) < 4.78 is 4.96. The second kappa shape index (κ2) is 4.12. The molecule has 0 saturated carbocycles. The first-order valence-electron chi connectivity index (χ1n) is 4.42. The lowest BCUT2D eigenvalue weighted by atomic mass is 10.2. The van der Waals surface area contributed by atoms with E-state index in [1.807, 2.05) is 31.9 Å². The number of nitrogens with zero attached hydrogens (tertiary/aromatic N) is 1. The molecule has 1 aromatic heterocycles. The van der Waals surface area contributed by atoms with Gasteiger partial charge in [0.2, 0.25) is 0 Å². The van der Waals surface area contributed by atoms with E-state index in [0.717, 1.165) is 12.1 Å². The fourth-order valence-electron chi connectivity index (χ4n) is 1.18. The molecule has 1 aromatic rings. The molecule has 3 nitrogen and oxygen atoms in total. The Morgan fingerprint density at radius 2 is 2.31 bits per heavy atom. The van der Waals surface area contributed by atoms with Crippen molar-refractivity contribution in [3.05, 3.63) is 24.2 Å². The third-order valence-corrected chi connectivity index (χ3v) is 1.96. The molecule has 0 fully saturated rings. The van der Waals surface area contributed by atoms with Gasteiger partial charge in [0.05, 0.1) is 18.4 Å². The Kier molecular flexibility index (Phi) is 3.12. The number of hydrogen-bond acceptors (Lipinski definition) is 2. The first kappa shape index (κ1) is 9.84. The Bertz CT molecular complexity index is 264. The van der Waals surface area contributed by atoms with Gasteiger partial charge in [-0.15, -0.1) is 0 Å². The van der Waals surface area contributed by atoms with Crippen molar-refractivity contribution in [2.45, 2.75) is 20.4 Å². The molecule has 1 heterocycles. The van der Waals surface area contributed by atoms with Crippen LogP contribution in [0.2, 0.25) is 0 Å². The van der Waals surface area contributed by atoms with E-state index in [-0.39, 0.29) is 5.92 Å². The Labute approximate surface area is 78.9 Å². The zero-order chi connectivity index (χ0) is 9.84. The highest BCUT2D eigenvalue weighted by molar-refractivity contribution is 5.80. The van der Waals surface area contributed by atoms with Crippen LogP contribution in [0, 0.1) is 11.3 Å². The molecule has 0 unspecified atom stereocenters. The van der Waals surface area contributed by atoms with Crippen LogP contribution in [-0.2, 0) is 6.54 Å². The van der Waals surface area contributed by atoms with Gasteiger partial charge in [0.25, 0.3) is 0 Å². The van der Waals surface area contributed by atoms with Gasteiger partial charge in [-0.05, 0) is 6.07 Å². The number of rotatable bonds is 3. The highest BCUT2D eigenvalue weighted by Gasteiger charge is 2.09. The minimum Gasteiger partial charge on any atom is -0.472 e. The highest BCUT2D eigenvalue weighted by Crippen LogP contribution is 2.07. The van der Waals surface area contributed by atoms with Crippen molar-refractivity contribution >= 4 is 5.84 Å². The summed E-state index contributed by atoms with van der Waals surface area (Å²) >= 11 is 0. The van der Waals surface area contributed by atoms with E-state index < -0.39 is 0 Å². The van der Waals surface area contributed by atoms with E-state index in [1.54, 1.807) is 12.5 Å². The lowest BCUT2D eigenvalue weighted by Gasteiger charge is -2.21. The molecule has 72 valence electrons. The minimum atomic E-state index is 0.275. The van der Waals surface area contributed by atoms with Crippen LogP contribution in [-0.4, -0.2) is 17.8 Å². The molecule has 1 N–H and O–H groups in total. The molecule has 0 amide bonds. The smallest absolute Gasteiger partial charge is 0.0984 e. The molecular formula is C10H16N2O. The van der Waals surface area contributed by atoms with E-state index in [1.165, 1.54) is 0 Å². The van der Waals surface area contributed by atoms with E-state index >= 15 is 0 Å². The molecule has 0 saturated heterocycles. The van der Waals surface area contributed by atoms with Gasteiger partial charge in [0, 0.05) is 25.1 Å². The van der Waals surface area contributed by atoms with E-state index in [0.29, 0.717) is 5.84 Å². The topological polar surface area (TPSA) is 40.2 Å². The van der Waals surface area contributed by atoms with Crippen molar-refractivity contribution in [2.75, 3.05) is 7.05 Å². The van der Waals surface area contributed by atoms with Gasteiger partial charge < -0.3 is 9.32 Å². The van der Waals surface area contributed by atoms with Gasteiger partial charge in [0.15, 0.2) is 0 Å². The number of nitrogens with one attached hydrogen (secondary N) is 1. The first-order chi connectivity index (χ1) is 6.11. The maximum Gasteiger partial charge on any atom is 0.0984 e. The molecule has 1 rings (SSSR count). The van der Waals surface area contributed by atoms with Gasteiger partial charge in [-0.1, -0.05) is 13.8 Å². The Morgan fingerprint density at radius 3 is 2.77 bits per heavy atom. The van der Waals surface area contributed by atoms with Crippen LogP contribution < -0.4 is 0 Å². The van der Waals surface area contributed by atoms with Crippen LogP contribution in [0.25, 0.3) is 0 Å². The van der Waals surface area contributed by atoms with Crippen molar-refractivity contribution in [1.29, 1.82) is 5.41 Å². The Hall–Kier alpha value is -1.25. The maximum atomic E-state index is 7.75. The molecule has 0 aliphatic carbocycles. The van der Waals surface area contributed by atoms with Crippen LogP contribution in [0.4, 0.5) is 0 Å². The normalized spacial score (nSPS) is 10.5. The standard InChI is InChI=1S/C10H16N2O/c1-8(2)10(11)12(3)6-9-4-5-13-7-9/h4-5,7-8,11H,6H2,1-3H3. The van der Waals surface area contributed by atoms with Crippen LogP contribution in [0.5, 0.6) is 0 Å². The van der Waals surface area contributed by atoms with Crippen LogP contribution in [0.15, 0.2) is 23.0 Å². The van der Waals surface area contributed by atoms with Gasteiger partial charge >= 0.3 is 0 Å². The number of amidine groups is 1. The average Bonchev–Trinajstić information content (AvgIpc) is 2.55. The molecule has 0 aliphatic rings. The largest absolute Gasteiger partial charge is 0.472 e. The third-order valence-electron chi connectivity index (χ3n) is 1.96. The first-order valence-corrected chi connectivity index (χ1v) is 4.42. The zero-order valence-electron chi connectivity index (χ0n) is 8.37. The summed E-state index contributed by atoms with van der Waals surface area (Å²) in [6, 6.07) is 1.92. The van der Waals surface area contributed by atoms with Gasteiger partial charge in [-0.2, -0.15) is 0 Å². The van der Waals surface area contributed by atoms with Crippen molar-refractivity contribution in [3.8, 4) is 0 Å². The lowest BCUT2D eigenvalue weighted by molar-refractivity contribution is 0.463. The van der Waals surface area contributed by atoms with Crippen molar-refractivity contribution in [3.63, 3.8) is 0 Å². The predicted octanol–water partition coefficient (Wildman–Crippen LogP) is 2.34. The SMILES string of the molecule is CC(C)C(=N)N(C)Cc1ccoc1. The summed E-state index contributed by atoms with van der Waals surface area (Å²) in [6.07, 6.45) is 3.37. The van der Waals surface area contributed by atoms with Crippen LogP contribution in [0.1, 0.15) is 19.4 Å². The van der Waals surface area contributed by atoms with Crippen LogP contribution in [0.3, 0.4) is 0 Å². The van der Waals surface area contributed by atoms with Crippen molar-refractivity contribution < 1.29 is 4.42 Å². The summed E-state index contributed by atoms with van der Waals surface area (Å²) in [5.41, 5.74) is 1.10. The second-order valence-corrected chi connectivity index (χ2v) is 3.53. The maximum absolute atomic E-state index is 7.75. The fourth-order valence-corrected chi connectivity index (χ4v) is 1.18. The predicted molar refractivity (Wildman–Crippen MR) is 52.7 cm³/mol. The van der Waals surface area contributed by atoms with Crippen LogP contribution >= 0.6 is 0 Å². The summed E-state index contributed by atoms with van der Waals surface area (Å²) in [5, 5.41) is 7.75. The molecule has 0 aliphatic heterocycles. The van der Waals surface area contributed by atoms with E-state index in [2.05, 4.69) is 0 Å². The summed E-state index contributed by atoms with van der Waals surface area (Å²) in [6.45, 7) is 4.79. The lowest BCUT2D eigenvalue weighted by Crippen LogP contribution is -2.29. The highest BCUT2D eigenvalue weighted by atomic mass is 16.3. The molecule has 0 aromatic carbocycles. The minimum absolute atomic E-state index is 0.275. The van der Waals surface area contributed by atoms with Gasteiger partial charge in [0.1, 0.15) is 0 Å². The van der Waals surface area contributed by atoms with E-state index in [9.17, 15) is 0 Å². The Morgan fingerprint density at radius 1 is 1.62 bits per heavy atom. The summed E-state index contributed by atoms with van der Waals surface area (Å²) in [4.78, 5) is 1.93. The van der Waals surface area contributed by atoms with Gasteiger partial charge in [-0.25, -0.2) is 0 Å². The zero-order valence-corrected chi connectivity index (χ0v) is 8.37. The van der Waals surface area contributed by atoms with Crippen molar-refractivity contribution in [2.24, 2.45) is 5.92 Å². The monoisotopic (exact) mass is 180 g/mol. The second-order valence-electron chi connectivity index (χ2n) is 3.53. The Balaban J connectivity index is 2.51. The quantitative estimate of drug-likeness (QED) is 0.573. The van der Waals surface area contributed by atoms with Crippen molar-refractivity contribution in [1.82, 2.24) is 4.90 Å². The molecule has 0 bridgehead atoms. The molecule has 13 heavy (non-hydrogen) atoms.